The topological polar surface area (TPSA) is 67.8 Å². The molecule has 1 aliphatic heterocycles. The Kier molecular flexibility index (Phi) is 6.88. The number of rotatable bonds is 6. The van der Waals surface area contributed by atoms with Gasteiger partial charge in [0.2, 0.25) is 11.8 Å². The van der Waals surface area contributed by atoms with Crippen molar-refractivity contribution in [2.24, 2.45) is 0 Å². The van der Waals surface area contributed by atoms with E-state index in [2.05, 4.69) is 21.8 Å². The largest absolute Gasteiger partial charge is 0.493 e. The second-order valence-electron chi connectivity index (χ2n) is 8.04. The number of hydrogen-bond acceptors (Lipinski definition) is 6. The number of ether oxygens (including phenoxy) is 2. The van der Waals surface area contributed by atoms with Gasteiger partial charge in [0.15, 0.2) is 11.5 Å². The van der Waals surface area contributed by atoms with Gasteiger partial charge >= 0.3 is 0 Å². The number of aromatic nitrogens is 2. The maximum atomic E-state index is 12.7. The highest BCUT2D eigenvalue weighted by Gasteiger charge is 2.27. The zero-order valence-corrected chi connectivity index (χ0v) is 19.1. The standard InChI is InChI=1S/C26H28N4O3/c1-19-9-11-22(23(15-19)32-3)33-25-16-24(27-18-28-25)29-13-14-30(20(2)17-29)26(31)12-10-21-7-5-4-6-8-21/h4-12,15-16,18,20H,13-14,17H2,1-3H3/b12-10+. The van der Waals surface area contributed by atoms with Gasteiger partial charge in [0.25, 0.3) is 0 Å². The van der Waals surface area contributed by atoms with Crippen LogP contribution in [0.15, 0.2) is 67.0 Å². The van der Waals surface area contributed by atoms with Crippen molar-refractivity contribution in [3.63, 3.8) is 0 Å². The zero-order valence-electron chi connectivity index (χ0n) is 19.1. The van der Waals surface area contributed by atoms with Crippen LogP contribution in [0.2, 0.25) is 0 Å². The molecule has 7 heteroatoms. The van der Waals surface area contributed by atoms with Crippen molar-refractivity contribution < 1.29 is 14.3 Å². The van der Waals surface area contributed by atoms with E-state index in [1.165, 1.54) is 6.33 Å². The van der Waals surface area contributed by atoms with Crippen molar-refractivity contribution in [3.05, 3.63) is 78.1 Å². The third-order valence-corrected chi connectivity index (χ3v) is 5.61. The van der Waals surface area contributed by atoms with E-state index in [0.717, 1.165) is 16.9 Å². The molecule has 1 atom stereocenters. The molecule has 0 N–H and O–H groups in total. The maximum absolute atomic E-state index is 12.7. The molecule has 1 amide bonds. The van der Waals surface area contributed by atoms with Crippen molar-refractivity contribution in [2.45, 2.75) is 19.9 Å². The summed E-state index contributed by atoms with van der Waals surface area (Å²) < 4.78 is 11.4. The number of nitrogens with zero attached hydrogens (tertiary/aromatic N) is 4. The van der Waals surface area contributed by atoms with E-state index in [9.17, 15) is 4.79 Å². The first-order valence-corrected chi connectivity index (χ1v) is 11.0. The van der Waals surface area contributed by atoms with Gasteiger partial charge in [-0.3, -0.25) is 4.79 Å². The Morgan fingerprint density at radius 2 is 1.88 bits per heavy atom. The van der Waals surface area contributed by atoms with Gasteiger partial charge in [-0.2, -0.15) is 0 Å². The zero-order chi connectivity index (χ0) is 23.2. The molecule has 1 aliphatic rings. The highest BCUT2D eigenvalue weighted by atomic mass is 16.5. The second-order valence-corrected chi connectivity index (χ2v) is 8.04. The highest BCUT2D eigenvalue weighted by molar-refractivity contribution is 5.92. The molecule has 1 unspecified atom stereocenters. The van der Waals surface area contributed by atoms with E-state index in [0.29, 0.717) is 37.0 Å². The second kappa shape index (κ2) is 10.2. The fourth-order valence-corrected chi connectivity index (χ4v) is 3.85. The number of anilines is 1. The van der Waals surface area contributed by atoms with Crippen LogP contribution in [0, 0.1) is 6.92 Å². The van der Waals surface area contributed by atoms with Crippen LogP contribution >= 0.6 is 0 Å². The van der Waals surface area contributed by atoms with Crippen LogP contribution in [-0.4, -0.2) is 53.6 Å². The van der Waals surface area contributed by atoms with Crippen LogP contribution in [-0.2, 0) is 4.79 Å². The Hall–Kier alpha value is -3.87. The molecule has 1 aromatic heterocycles. The van der Waals surface area contributed by atoms with Crippen molar-refractivity contribution in [1.29, 1.82) is 0 Å². The summed E-state index contributed by atoms with van der Waals surface area (Å²) in [5, 5.41) is 0. The first kappa shape index (κ1) is 22.3. The minimum absolute atomic E-state index is 0.0178. The summed E-state index contributed by atoms with van der Waals surface area (Å²) in [6, 6.07) is 17.4. The molecular weight excluding hydrogens is 416 g/mol. The summed E-state index contributed by atoms with van der Waals surface area (Å²) in [4.78, 5) is 25.5. The number of methoxy groups -OCH3 is 1. The smallest absolute Gasteiger partial charge is 0.246 e. The molecule has 33 heavy (non-hydrogen) atoms. The predicted octanol–water partition coefficient (Wildman–Crippen LogP) is 4.34. The number of carbonyl (C=O) groups excluding carboxylic acids is 1. The third-order valence-electron chi connectivity index (χ3n) is 5.61. The molecule has 0 spiro atoms. The van der Waals surface area contributed by atoms with Crippen molar-refractivity contribution in [3.8, 4) is 17.4 Å². The van der Waals surface area contributed by atoms with Gasteiger partial charge in [0.05, 0.1) is 7.11 Å². The molecule has 3 aromatic rings. The van der Waals surface area contributed by atoms with E-state index in [4.69, 9.17) is 9.47 Å². The van der Waals surface area contributed by atoms with Gasteiger partial charge in [-0.1, -0.05) is 36.4 Å². The number of hydrogen-bond donors (Lipinski definition) is 0. The third kappa shape index (κ3) is 5.49. The number of benzene rings is 2. The highest BCUT2D eigenvalue weighted by Crippen LogP contribution is 2.32. The summed E-state index contributed by atoms with van der Waals surface area (Å²) in [5.41, 5.74) is 2.10. The van der Waals surface area contributed by atoms with Crippen LogP contribution in [0.25, 0.3) is 6.08 Å². The Morgan fingerprint density at radius 1 is 1.06 bits per heavy atom. The monoisotopic (exact) mass is 444 g/mol. The SMILES string of the molecule is COc1cc(C)ccc1Oc1cc(N2CCN(C(=O)/C=C/c3ccccc3)C(C)C2)ncn1. The lowest BCUT2D eigenvalue weighted by Gasteiger charge is -2.40. The van der Waals surface area contributed by atoms with Crippen LogP contribution in [0.4, 0.5) is 5.82 Å². The van der Waals surface area contributed by atoms with Crippen molar-refractivity contribution in [2.75, 3.05) is 31.6 Å². The molecule has 0 bridgehead atoms. The van der Waals surface area contributed by atoms with E-state index < -0.39 is 0 Å². The number of amides is 1. The Balaban J connectivity index is 1.41. The average molecular weight is 445 g/mol. The molecule has 7 nitrogen and oxygen atoms in total. The van der Waals surface area contributed by atoms with Gasteiger partial charge in [-0.05, 0) is 43.2 Å². The fraction of sp³-hybridized carbons (Fsp3) is 0.269. The van der Waals surface area contributed by atoms with Crippen LogP contribution in [0.1, 0.15) is 18.1 Å². The molecule has 170 valence electrons. The van der Waals surface area contributed by atoms with Crippen molar-refractivity contribution >= 4 is 17.8 Å². The summed E-state index contributed by atoms with van der Waals surface area (Å²) in [7, 11) is 1.62. The lowest BCUT2D eigenvalue weighted by molar-refractivity contribution is -0.128. The molecule has 1 fully saturated rings. The molecule has 2 aromatic carbocycles. The normalized spacial score (nSPS) is 16.2. The molecule has 1 saturated heterocycles. The number of carbonyl (C=O) groups is 1. The minimum Gasteiger partial charge on any atom is -0.493 e. The fourth-order valence-electron chi connectivity index (χ4n) is 3.85. The molecule has 4 rings (SSSR count). The summed E-state index contributed by atoms with van der Waals surface area (Å²) >= 11 is 0. The van der Waals surface area contributed by atoms with Gasteiger partial charge in [0, 0.05) is 37.8 Å². The predicted molar refractivity (Wildman–Crippen MR) is 129 cm³/mol. The lowest BCUT2D eigenvalue weighted by Crippen LogP contribution is -2.54. The van der Waals surface area contributed by atoms with E-state index >= 15 is 0 Å². The maximum Gasteiger partial charge on any atom is 0.246 e. The van der Waals surface area contributed by atoms with Gasteiger partial charge < -0.3 is 19.3 Å². The van der Waals surface area contributed by atoms with Gasteiger partial charge in [-0.25, -0.2) is 9.97 Å². The lowest BCUT2D eigenvalue weighted by atomic mass is 10.1. The van der Waals surface area contributed by atoms with E-state index in [1.807, 2.05) is 72.5 Å². The minimum atomic E-state index is 0.0178. The summed E-state index contributed by atoms with van der Waals surface area (Å²) in [6.07, 6.45) is 5.00. The summed E-state index contributed by atoms with van der Waals surface area (Å²) in [6.45, 7) is 6.02. The first-order chi connectivity index (χ1) is 16.0. The van der Waals surface area contributed by atoms with Crippen molar-refractivity contribution in [1.82, 2.24) is 14.9 Å². The first-order valence-electron chi connectivity index (χ1n) is 11.0. The number of aryl methyl sites for hydroxylation is 1. The van der Waals surface area contributed by atoms with E-state index in [1.54, 1.807) is 13.2 Å². The Bertz CT molecular complexity index is 1130. The summed E-state index contributed by atoms with van der Waals surface area (Å²) in [5.74, 6) is 2.48. The number of piperazine rings is 1. The van der Waals surface area contributed by atoms with Gasteiger partial charge in [-0.15, -0.1) is 0 Å². The molecule has 0 aliphatic carbocycles. The van der Waals surface area contributed by atoms with E-state index in [-0.39, 0.29) is 11.9 Å². The molecular formula is C26H28N4O3. The Morgan fingerprint density at radius 3 is 2.64 bits per heavy atom. The van der Waals surface area contributed by atoms with Crippen LogP contribution < -0.4 is 14.4 Å². The molecule has 0 saturated carbocycles. The Labute approximate surface area is 194 Å². The van der Waals surface area contributed by atoms with Crippen LogP contribution in [0.5, 0.6) is 17.4 Å². The molecule has 0 radical (unpaired) electrons. The molecule has 2 heterocycles. The van der Waals surface area contributed by atoms with Crippen LogP contribution in [0.3, 0.4) is 0 Å². The van der Waals surface area contributed by atoms with Gasteiger partial charge in [0.1, 0.15) is 12.1 Å². The quantitative estimate of drug-likeness (QED) is 0.527. The average Bonchev–Trinajstić information content (AvgIpc) is 2.84.